The Bertz CT molecular complexity index is 736. The maximum atomic E-state index is 12.5. The molecule has 5 N–H and O–H groups in total. The van der Waals surface area contributed by atoms with Crippen LogP contribution in [0.3, 0.4) is 0 Å². The van der Waals surface area contributed by atoms with Gasteiger partial charge in [0.2, 0.25) is 10.0 Å². The number of primary sulfonamides is 1. The number of sulfonamides is 1. The van der Waals surface area contributed by atoms with Crippen LogP contribution < -0.4 is 20.9 Å². The zero-order chi connectivity index (χ0) is 16.8. The normalized spacial score (nSPS) is 29.5. The largest absolute Gasteiger partial charge is 0.496 e. The highest BCUT2D eigenvalue weighted by molar-refractivity contribution is 7.89. The van der Waals surface area contributed by atoms with E-state index in [1.54, 1.807) is 0 Å². The molecule has 0 spiro atoms. The molecule has 3 rings (SSSR count). The molecule has 23 heavy (non-hydrogen) atoms. The second kappa shape index (κ2) is 5.75. The van der Waals surface area contributed by atoms with Crippen molar-refractivity contribution >= 4 is 15.9 Å². The van der Waals surface area contributed by atoms with Crippen LogP contribution in [-0.4, -0.2) is 46.2 Å². The van der Waals surface area contributed by atoms with E-state index in [-0.39, 0.29) is 40.3 Å². The Labute approximate surface area is 134 Å². The van der Waals surface area contributed by atoms with E-state index >= 15 is 0 Å². The fourth-order valence-corrected chi connectivity index (χ4v) is 3.74. The lowest BCUT2D eigenvalue weighted by Crippen LogP contribution is -2.68. The Morgan fingerprint density at radius 1 is 1.43 bits per heavy atom. The summed E-state index contributed by atoms with van der Waals surface area (Å²) >= 11 is 0. The van der Waals surface area contributed by atoms with Gasteiger partial charge in [-0.05, 0) is 24.6 Å². The lowest BCUT2D eigenvalue weighted by atomic mass is 9.72. The smallest absolute Gasteiger partial charge is 0.255 e. The summed E-state index contributed by atoms with van der Waals surface area (Å²) in [6.45, 7) is 0.639. The second-order valence-electron chi connectivity index (χ2n) is 5.77. The molecule has 1 saturated carbocycles. The SMILES string of the molecule is COc1ccc(S(N)(=O)=O)cc1C(=O)N[C@H]1[C@H](N)[C@@H]2CCO[C@@H]21. The number of amides is 1. The third-order valence-electron chi connectivity index (χ3n) is 4.49. The molecule has 1 aromatic rings. The molecule has 0 bridgehead atoms. The molecule has 1 heterocycles. The van der Waals surface area contributed by atoms with Gasteiger partial charge in [0.1, 0.15) is 5.75 Å². The average Bonchev–Trinajstić information content (AvgIpc) is 2.95. The molecule has 2 aliphatic rings. The number of methoxy groups -OCH3 is 1. The van der Waals surface area contributed by atoms with Gasteiger partial charge in [-0.15, -0.1) is 0 Å². The van der Waals surface area contributed by atoms with Crippen LogP contribution in [0, 0.1) is 5.92 Å². The summed E-state index contributed by atoms with van der Waals surface area (Å²) in [5.74, 6) is 0.0476. The standard InChI is InChI=1S/C14H19N3O5S/c1-21-10-3-2-7(23(16,19)20)6-9(10)14(18)17-12-11(15)8-4-5-22-13(8)12/h2-3,6,8,11-13H,4-5,15H2,1H3,(H,17,18)(H2,16,19,20)/t8-,11+,12-,13-/m0/s1. The molecule has 0 unspecified atom stereocenters. The molecule has 0 radical (unpaired) electrons. The van der Waals surface area contributed by atoms with E-state index in [4.69, 9.17) is 20.3 Å². The van der Waals surface area contributed by atoms with Gasteiger partial charge in [0.25, 0.3) is 5.91 Å². The number of hydrogen-bond acceptors (Lipinski definition) is 6. The maximum Gasteiger partial charge on any atom is 0.255 e. The van der Waals surface area contributed by atoms with Crippen molar-refractivity contribution in [1.82, 2.24) is 5.32 Å². The number of fused-ring (bicyclic) bond motifs is 1. The van der Waals surface area contributed by atoms with Crippen LogP contribution in [0.25, 0.3) is 0 Å². The van der Waals surface area contributed by atoms with Crippen molar-refractivity contribution < 1.29 is 22.7 Å². The molecule has 9 heteroatoms. The summed E-state index contributed by atoms with van der Waals surface area (Å²) in [7, 11) is -2.52. The topological polar surface area (TPSA) is 134 Å². The molecular weight excluding hydrogens is 322 g/mol. The Kier molecular flexibility index (Phi) is 4.05. The van der Waals surface area contributed by atoms with E-state index in [9.17, 15) is 13.2 Å². The molecule has 0 aromatic heterocycles. The van der Waals surface area contributed by atoms with Gasteiger partial charge in [-0.2, -0.15) is 0 Å². The third-order valence-corrected chi connectivity index (χ3v) is 5.40. The quantitative estimate of drug-likeness (QED) is 0.655. The van der Waals surface area contributed by atoms with Crippen molar-refractivity contribution in [2.75, 3.05) is 13.7 Å². The molecule has 4 atom stereocenters. The number of rotatable bonds is 4. The molecule has 8 nitrogen and oxygen atoms in total. The number of ether oxygens (including phenoxy) is 2. The number of carbonyl (C=O) groups excluding carboxylic acids is 1. The summed E-state index contributed by atoms with van der Waals surface area (Å²) in [5, 5.41) is 7.91. The zero-order valence-electron chi connectivity index (χ0n) is 12.6. The molecule has 1 saturated heterocycles. The Balaban J connectivity index is 1.84. The molecule has 126 valence electrons. The Morgan fingerprint density at radius 2 is 2.17 bits per heavy atom. The van der Waals surface area contributed by atoms with Crippen LogP contribution in [0.5, 0.6) is 5.75 Å². The van der Waals surface area contributed by atoms with Crippen LogP contribution in [0.1, 0.15) is 16.8 Å². The van der Waals surface area contributed by atoms with Gasteiger partial charge in [-0.1, -0.05) is 0 Å². The first-order valence-electron chi connectivity index (χ1n) is 7.22. The van der Waals surface area contributed by atoms with Gasteiger partial charge in [0.15, 0.2) is 0 Å². The minimum Gasteiger partial charge on any atom is -0.496 e. The first-order chi connectivity index (χ1) is 10.8. The van der Waals surface area contributed by atoms with Crippen LogP contribution in [0.15, 0.2) is 23.1 Å². The number of carbonyl (C=O) groups is 1. The van der Waals surface area contributed by atoms with Gasteiger partial charge < -0.3 is 20.5 Å². The number of benzene rings is 1. The van der Waals surface area contributed by atoms with E-state index in [1.165, 1.54) is 25.3 Å². The van der Waals surface area contributed by atoms with E-state index in [1.807, 2.05) is 0 Å². The summed E-state index contributed by atoms with van der Waals surface area (Å²) in [6.07, 6.45) is 0.809. The molecule has 1 aromatic carbocycles. The molecule has 1 aliphatic heterocycles. The van der Waals surface area contributed by atoms with E-state index in [0.717, 1.165) is 6.42 Å². The van der Waals surface area contributed by atoms with Crippen LogP contribution >= 0.6 is 0 Å². The molecular formula is C14H19N3O5S. The van der Waals surface area contributed by atoms with Gasteiger partial charge >= 0.3 is 0 Å². The summed E-state index contributed by atoms with van der Waals surface area (Å²) in [5.41, 5.74) is 6.15. The van der Waals surface area contributed by atoms with Crippen molar-refractivity contribution in [3.05, 3.63) is 23.8 Å². The third kappa shape index (κ3) is 2.80. The van der Waals surface area contributed by atoms with Gasteiger partial charge in [-0.3, -0.25) is 4.79 Å². The molecule has 1 amide bonds. The van der Waals surface area contributed by atoms with Crippen molar-refractivity contribution in [3.63, 3.8) is 0 Å². The van der Waals surface area contributed by atoms with Gasteiger partial charge in [-0.25, -0.2) is 13.6 Å². The van der Waals surface area contributed by atoms with Crippen molar-refractivity contribution in [2.24, 2.45) is 16.8 Å². The highest BCUT2D eigenvalue weighted by Crippen LogP contribution is 2.38. The fraction of sp³-hybridized carbons (Fsp3) is 0.500. The minimum absolute atomic E-state index is 0.0821. The van der Waals surface area contributed by atoms with E-state index in [0.29, 0.717) is 6.61 Å². The highest BCUT2D eigenvalue weighted by atomic mass is 32.2. The van der Waals surface area contributed by atoms with Gasteiger partial charge in [0, 0.05) is 18.6 Å². The minimum atomic E-state index is -3.91. The average molecular weight is 341 g/mol. The number of nitrogens with one attached hydrogen (secondary N) is 1. The Morgan fingerprint density at radius 3 is 2.83 bits per heavy atom. The monoisotopic (exact) mass is 341 g/mol. The number of nitrogens with two attached hydrogens (primary N) is 2. The number of hydrogen-bond donors (Lipinski definition) is 3. The zero-order valence-corrected chi connectivity index (χ0v) is 13.4. The van der Waals surface area contributed by atoms with E-state index < -0.39 is 15.9 Å². The second-order valence-corrected chi connectivity index (χ2v) is 7.33. The predicted octanol–water partition coefficient (Wildman–Crippen LogP) is -0.813. The van der Waals surface area contributed by atoms with Gasteiger partial charge in [0.05, 0.1) is 29.7 Å². The maximum absolute atomic E-state index is 12.5. The summed E-state index contributed by atoms with van der Waals surface area (Å²) < 4.78 is 33.6. The van der Waals surface area contributed by atoms with Crippen molar-refractivity contribution in [3.8, 4) is 5.75 Å². The fourth-order valence-electron chi connectivity index (χ4n) is 3.20. The molecule has 2 fully saturated rings. The highest BCUT2D eigenvalue weighted by Gasteiger charge is 2.52. The van der Waals surface area contributed by atoms with Crippen LogP contribution in [-0.2, 0) is 14.8 Å². The summed E-state index contributed by atoms with van der Waals surface area (Å²) in [4.78, 5) is 12.3. The lowest BCUT2D eigenvalue weighted by Gasteiger charge is -2.45. The van der Waals surface area contributed by atoms with Crippen molar-refractivity contribution in [2.45, 2.75) is 29.5 Å². The van der Waals surface area contributed by atoms with Crippen LogP contribution in [0.4, 0.5) is 0 Å². The lowest BCUT2D eigenvalue weighted by molar-refractivity contribution is -0.0161. The first-order valence-corrected chi connectivity index (χ1v) is 8.76. The predicted molar refractivity (Wildman–Crippen MR) is 81.4 cm³/mol. The molecule has 1 aliphatic carbocycles. The Hall–Kier alpha value is -1.68. The van der Waals surface area contributed by atoms with Crippen molar-refractivity contribution in [1.29, 1.82) is 0 Å². The van der Waals surface area contributed by atoms with Crippen LogP contribution in [0.2, 0.25) is 0 Å². The summed E-state index contributed by atoms with van der Waals surface area (Å²) in [6, 6.07) is 3.41. The van der Waals surface area contributed by atoms with E-state index in [2.05, 4.69) is 5.32 Å². The first kappa shape index (κ1) is 16.2.